The maximum atomic E-state index is 13.3. The van der Waals surface area contributed by atoms with Gasteiger partial charge < -0.3 is 9.63 Å². The lowest BCUT2D eigenvalue weighted by atomic mass is 10.1. The van der Waals surface area contributed by atoms with Gasteiger partial charge in [0.1, 0.15) is 11.6 Å². The van der Waals surface area contributed by atoms with E-state index in [1.165, 1.54) is 6.07 Å². The summed E-state index contributed by atoms with van der Waals surface area (Å²) in [5.41, 5.74) is 2.55. The molecule has 106 valence electrons. The van der Waals surface area contributed by atoms with Crippen molar-refractivity contribution >= 4 is 0 Å². The molecular formula is C16H13FN2O2. The highest BCUT2D eigenvalue weighted by atomic mass is 19.1. The zero-order valence-corrected chi connectivity index (χ0v) is 11.6. The Kier molecular flexibility index (Phi) is 3.17. The molecule has 1 aromatic heterocycles. The van der Waals surface area contributed by atoms with Crippen LogP contribution in [0.3, 0.4) is 0 Å². The molecule has 2 aromatic carbocycles. The lowest BCUT2D eigenvalue weighted by Gasteiger charge is -2.02. The van der Waals surface area contributed by atoms with E-state index in [0.29, 0.717) is 34.0 Å². The number of phenols is 1. The Balaban J connectivity index is 2.03. The molecule has 1 heterocycles. The number of aromatic hydroxyl groups is 1. The van der Waals surface area contributed by atoms with E-state index in [-0.39, 0.29) is 11.6 Å². The summed E-state index contributed by atoms with van der Waals surface area (Å²) in [6.07, 6.45) is 0. The predicted octanol–water partition coefficient (Wildman–Crippen LogP) is 3.87. The molecule has 0 amide bonds. The van der Waals surface area contributed by atoms with Crippen LogP contribution in [-0.2, 0) is 0 Å². The molecule has 0 unspecified atom stereocenters. The third kappa shape index (κ3) is 2.38. The minimum Gasteiger partial charge on any atom is -0.508 e. The molecule has 0 bridgehead atoms. The van der Waals surface area contributed by atoms with Crippen molar-refractivity contribution in [2.45, 2.75) is 13.8 Å². The highest BCUT2D eigenvalue weighted by molar-refractivity contribution is 5.65. The molecular weight excluding hydrogens is 271 g/mol. The molecule has 4 nitrogen and oxygen atoms in total. The fraction of sp³-hybridized carbons (Fsp3) is 0.125. The topological polar surface area (TPSA) is 59.2 Å². The van der Waals surface area contributed by atoms with E-state index in [9.17, 15) is 9.50 Å². The number of nitrogens with zero attached hydrogens (tertiary/aromatic N) is 2. The van der Waals surface area contributed by atoms with Gasteiger partial charge in [-0.2, -0.15) is 4.98 Å². The first-order chi connectivity index (χ1) is 10.1. The van der Waals surface area contributed by atoms with Gasteiger partial charge in [-0.25, -0.2) is 4.39 Å². The smallest absolute Gasteiger partial charge is 0.258 e. The Hall–Kier alpha value is -2.69. The van der Waals surface area contributed by atoms with E-state index >= 15 is 0 Å². The van der Waals surface area contributed by atoms with Gasteiger partial charge in [-0.15, -0.1) is 0 Å². The fourth-order valence-corrected chi connectivity index (χ4v) is 2.09. The molecule has 0 aliphatic heterocycles. The second-order valence-corrected chi connectivity index (χ2v) is 4.84. The molecule has 0 radical (unpaired) electrons. The van der Waals surface area contributed by atoms with Crippen LogP contribution < -0.4 is 0 Å². The highest BCUT2D eigenvalue weighted by Gasteiger charge is 2.14. The SMILES string of the molecule is Cc1cc(-c2noc(-c3cccc(O)c3C)n2)ccc1F. The monoisotopic (exact) mass is 284 g/mol. The van der Waals surface area contributed by atoms with Gasteiger partial charge in [-0.3, -0.25) is 0 Å². The molecule has 0 atom stereocenters. The van der Waals surface area contributed by atoms with Crippen molar-refractivity contribution in [2.24, 2.45) is 0 Å². The molecule has 1 N–H and O–H groups in total. The van der Waals surface area contributed by atoms with E-state index in [0.717, 1.165) is 0 Å². The molecule has 0 saturated heterocycles. The molecule has 21 heavy (non-hydrogen) atoms. The summed E-state index contributed by atoms with van der Waals surface area (Å²) in [7, 11) is 0. The highest BCUT2D eigenvalue weighted by Crippen LogP contribution is 2.29. The van der Waals surface area contributed by atoms with Crippen LogP contribution in [0.1, 0.15) is 11.1 Å². The summed E-state index contributed by atoms with van der Waals surface area (Å²) in [4.78, 5) is 4.31. The van der Waals surface area contributed by atoms with Crippen LogP contribution in [0.4, 0.5) is 4.39 Å². The minimum absolute atomic E-state index is 0.171. The molecule has 0 spiro atoms. The van der Waals surface area contributed by atoms with Crippen molar-refractivity contribution < 1.29 is 14.0 Å². The van der Waals surface area contributed by atoms with Crippen LogP contribution >= 0.6 is 0 Å². The summed E-state index contributed by atoms with van der Waals surface area (Å²) in [6.45, 7) is 3.45. The average Bonchev–Trinajstić information content (AvgIpc) is 2.94. The second kappa shape index (κ2) is 5.01. The molecule has 0 aliphatic carbocycles. The number of halogens is 1. The van der Waals surface area contributed by atoms with Crippen molar-refractivity contribution in [3.05, 3.63) is 53.3 Å². The number of hydrogen-bond donors (Lipinski definition) is 1. The zero-order chi connectivity index (χ0) is 15.0. The number of aryl methyl sites for hydroxylation is 1. The van der Waals surface area contributed by atoms with Crippen molar-refractivity contribution in [2.75, 3.05) is 0 Å². The van der Waals surface area contributed by atoms with Gasteiger partial charge in [0.25, 0.3) is 5.89 Å². The van der Waals surface area contributed by atoms with Crippen molar-refractivity contribution in [3.63, 3.8) is 0 Å². The normalized spacial score (nSPS) is 10.8. The molecule has 0 fully saturated rings. The number of hydrogen-bond acceptors (Lipinski definition) is 4. The van der Waals surface area contributed by atoms with Crippen molar-refractivity contribution in [3.8, 4) is 28.6 Å². The fourth-order valence-electron chi connectivity index (χ4n) is 2.09. The lowest BCUT2D eigenvalue weighted by Crippen LogP contribution is -1.87. The Morgan fingerprint density at radius 3 is 2.71 bits per heavy atom. The van der Waals surface area contributed by atoms with Crippen LogP contribution in [0.15, 0.2) is 40.9 Å². The van der Waals surface area contributed by atoms with E-state index in [1.54, 1.807) is 44.2 Å². The van der Waals surface area contributed by atoms with Crippen LogP contribution in [0.2, 0.25) is 0 Å². The Morgan fingerprint density at radius 2 is 1.95 bits per heavy atom. The van der Waals surface area contributed by atoms with Gasteiger partial charge in [0.2, 0.25) is 5.82 Å². The van der Waals surface area contributed by atoms with Crippen LogP contribution in [0.5, 0.6) is 5.75 Å². The second-order valence-electron chi connectivity index (χ2n) is 4.84. The third-order valence-corrected chi connectivity index (χ3v) is 3.38. The maximum Gasteiger partial charge on any atom is 0.258 e. The van der Waals surface area contributed by atoms with Crippen LogP contribution in [0.25, 0.3) is 22.8 Å². The first-order valence-corrected chi connectivity index (χ1v) is 6.45. The molecule has 5 heteroatoms. The van der Waals surface area contributed by atoms with Crippen LogP contribution in [-0.4, -0.2) is 15.2 Å². The van der Waals surface area contributed by atoms with E-state index in [4.69, 9.17) is 4.52 Å². The average molecular weight is 284 g/mol. The standard InChI is InChI=1S/C16H13FN2O2/c1-9-8-11(6-7-13(9)17)15-18-16(21-19-15)12-4-3-5-14(20)10(12)2/h3-8,20H,1-2H3. The summed E-state index contributed by atoms with van der Waals surface area (Å²) in [6, 6.07) is 9.75. The van der Waals surface area contributed by atoms with Crippen molar-refractivity contribution in [1.82, 2.24) is 10.1 Å². The number of aromatic nitrogens is 2. The Morgan fingerprint density at radius 1 is 1.14 bits per heavy atom. The summed E-state index contributed by atoms with van der Waals surface area (Å²) in [5.74, 6) is 0.604. The summed E-state index contributed by atoms with van der Waals surface area (Å²) >= 11 is 0. The van der Waals surface area contributed by atoms with Crippen molar-refractivity contribution in [1.29, 1.82) is 0 Å². The largest absolute Gasteiger partial charge is 0.508 e. The van der Waals surface area contributed by atoms with E-state index < -0.39 is 0 Å². The first kappa shape index (κ1) is 13.3. The summed E-state index contributed by atoms with van der Waals surface area (Å²) in [5, 5.41) is 13.6. The van der Waals surface area contributed by atoms with Gasteiger partial charge in [0.05, 0.1) is 0 Å². The van der Waals surface area contributed by atoms with Gasteiger partial charge >= 0.3 is 0 Å². The lowest BCUT2D eigenvalue weighted by molar-refractivity contribution is 0.430. The molecule has 0 saturated carbocycles. The Bertz CT molecular complexity index is 812. The number of benzene rings is 2. The van der Waals surface area contributed by atoms with Gasteiger partial charge in [-0.05, 0) is 49.7 Å². The van der Waals surface area contributed by atoms with E-state index in [2.05, 4.69) is 10.1 Å². The third-order valence-electron chi connectivity index (χ3n) is 3.38. The minimum atomic E-state index is -0.272. The maximum absolute atomic E-state index is 13.3. The predicted molar refractivity (Wildman–Crippen MR) is 76.3 cm³/mol. The molecule has 3 rings (SSSR count). The van der Waals surface area contributed by atoms with Gasteiger partial charge in [0, 0.05) is 16.7 Å². The quantitative estimate of drug-likeness (QED) is 0.776. The molecule has 3 aromatic rings. The van der Waals surface area contributed by atoms with Gasteiger partial charge in [-0.1, -0.05) is 11.2 Å². The number of phenolic OH excluding ortho intramolecular Hbond substituents is 1. The summed E-state index contributed by atoms with van der Waals surface area (Å²) < 4.78 is 18.5. The van der Waals surface area contributed by atoms with E-state index in [1.807, 2.05) is 0 Å². The molecule has 0 aliphatic rings. The first-order valence-electron chi connectivity index (χ1n) is 6.45. The van der Waals surface area contributed by atoms with Crippen LogP contribution in [0, 0.1) is 19.7 Å². The van der Waals surface area contributed by atoms with Gasteiger partial charge in [0.15, 0.2) is 0 Å². The zero-order valence-electron chi connectivity index (χ0n) is 11.6. The number of rotatable bonds is 2. The Labute approximate surface area is 120 Å².